The van der Waals surface area contributed by atoms with Crippen LogP contribution in [0.1, 0.15) is 49.3 Å². The van der Waals surface area contributed by atoms with Gasteiger partial charge >= 0.3 is 0 Å². The van der Waals surface area contributed by atoms with Crippen molar-refractivity contribution >= 4 is 5.91 Å². The summed E-state index contributed by atoms with van der Waals surface area (Å²) in [6, 6.07) is 2.28. The van der Waals surface area contributed by atoms with E-state index in [0.717, 1.165) is 18.7 Å². The lowest BCUT2D eigenvalue weighted by atomic mass is 9.88. The number of hydrogen-bond donors (Lipinski definition) is 2. The minimum absolute atomic E-state index is 0.0260. The average Bonchev–Trinajstić information content (AvgIpc) is 2.86. The predicted octanol–water partition coefficient (Wildman–Crippen LogP) is 1.49. The molecule has 2 heterocycles. The lowest BCUT2D eigenvalue weighted by molar-refractivity contribution is 0.0932. The topological polar surface area (TPSA) is 59.0 Å². The molecular formula is C15H26N4O. The van der Waals surface area contributed by atoms with Crippen LogP contribution in [0.25, 0.3) is 0 Å². The molecule has 0 radical (unpaired) electrons. The molecule has 0 aromatic carbocycles. The molecule has 2 unspecified atom stereocenters. The molecule has 2 atom stereocenters. The van der Waals surface area contributed by atoms with Crippen LogP contribution in [0.4, 0.5) is 0 Å². The highest BCUT2D eigenvalue weighted by Gasteiger charge is 2.24. The van der Waals surface area contributed by atoms with Gasteiger partial charge in [0.15, 0.2) is 0 Å². The number of carbonyl (C=O) groups excluding carboxylic acids is 1. The lowest BCUT2D eigenvalue weighted by Crippen LogP contribution is -2.48. The molecule has 112 valence electrons. The summed E-state index contributed by atoms with van der Waals surface area (Å²) in [5.41, 5.74) is 1.60. The Hall–Kier alpha value is -1.36. The van der Waals surface area contributed by atoms with Gasteiger partial charge < -0.3 is 10.6 Å². The van der Waals surface area contributed by atoms with Crippen LogP contribution in [0.5, 0.6) is 0 Å². The van der Waals surface area contributed by atoms with Crippen molar-refractivity contribution in [2.45, 2.75) is 45.6 Å². The van der Waals surface area contributed by atoms with E-state index in [2.05, 4.69) is 22.7 Å². The molecule has 1 aromatic rings. The van der Waals surface area contributed by atoms with Crippen molar-refractivity contribution in [3.63, 3.8) is 0 Å². The fourth-order valence-electron chi connectivity index (χ4n) is 2.95. The minimum atomic E-state index is -0.0260. The summed E-state index contributed by atoms with van der Waals surface area (Å²) in [5, 5.41) is 10.9. The van der Waals surface area contributed by atoms with Crippen LogP contribution < -0.4 is 10.6 Å². The largest absolute Gasteiger partial charge is 0.349 e. The second-order valence-corrected chi connectivity index (χ2v) is 5.58. The number of nitrogens with one attached hydrogen (secondary N) is 2. The van der Waals surface area contributed by atoms with Crippen LogP contribution in [0.3, 0.4) is 0 Å². The van der Waals surface area contributed by atoms with Gasteiger partial charge in [0.1, 0.15) is 5.69 Å². The molecule has 0 aliphatic carbocycles. The van der Waals surface area contributed by atoms with Gasteiger partial charge in [-0.05, 0) is 37.8 Å². The van der Waals surface area contributed by atoms with Crippen LogP contribution in [-0.4, -0.2) is 34.8 Å². The standard InChI is InChI=1S/C15H26N4O/c1-4-11-7-6-8-16-13(11)10-17-15(20)14-9-12(5-2)18-19(14)3/h9,11,13,16H,4-8,10H2,1-3H3,(H,17,20). The van der Waals surface area contributed by atoms with E-state index in [-0.39, 0.29) is 5.91 Å². The first-order valence-electron chi connectivity index (χ1n) is 7.70. The highest BCUT2D eigenvalue weighted by molar-refractivity contribution is 5.92. The first-order valence-corrected chi connectivity index (χ1v) is 7.70. The first-order chi connectivity index (χ1) is 9.65. The van der Waals surface area contributed by atoms with Crippen molar-refractivity contribution in [3.8, 4) is 0 Å². The summed E-state index contributed by atoms with van der Waals surface area (Å²) in [6.45, 7) is 6.02. The molecule has 0 spiro atoms. The monoisotopic (exact) mass is 278 g/mol. The number of aromatic nitrogens is 2. The molecular weight excluding hydrogens is 252 g/mol. The van der Waals surface area contributed by atoms with E-state index in [0.29, 0.717) is 24.2 Å². The Kier molecular flexibility index (Phi) is 5.17. The van der Waals surface area contributed by atoms with Crippen molar-refractivity contribution in [3.05, 3.63) is 17.5 Å². The first kappa shape index (κ1) is 15.0. The van der Waals surface area contributed by atoms with Crippen molar-refractivity contribution in [1.82, 2.24) is 20.4 Å². The summed E-state index contributed by atoms with van der Waals surface area (Å²) in [4.78, 5) is 12.2. The fourth-order valence-corrected chi connectivity index (χ4v) is 2.95. The number of aryl methyl sites for hydroxylation is 2. The summed E-state index contributed by atoms with van der Waals surface area (Å²) >= 11 is 0. The van der Waals surface area contributed by atoms with Gasteiger partial charge in [-0.3, -0.25) is 9.48 Å². The Morgan fingerprint density at radius 1 is 1.55 bits per heavy atom. The molecule has 1 aliphatic rings. The van der Waals surface area contributed by atoms with Crippen LogP contribution in [-0.2, 0) is 13.5 Å². The lowest BCUT2D eigenvalue weighted by Gasteiger charge is -2.32. The van der Waals surface area contributed by atoms with Crippen LogP contribution in [0.2, 0.25) is 0 Å². The summed E-state index contributed by atoms with van der Waals surface area (Å²) in [6.07, 6.45) is 4.52. The summed E-state index contributed by atoms with van der Waals surface area (Å²) in [5.74, 6) is 0.642. The van der Waals surface area contributed by atoms with Gasteiger partial charge in [0, 0.05) is 19.6 Å². The highest BCUT2D eigenvalue weighted by Crippen LogP contribution is 2.19. The van der Waals surface area contributed by atoms with E-state index >= 15 is 0 Å². The maximum atomic E-state index is 12.2. The molecule has 20 heavy (non-hydrogen) atoms. The quantitative estimate of drug-likeness (QED) is 0.858. The van der Waals surface area contributed by atoms with Crippen molar-refractivity contribution in [2.75, 3.05) is 13.1 Å². The molecule has 5 heteroatoms. The van der Waals surface area contributed by atoms with Crippen LogP contribution in [0, 0.1) is 5.92 Å². The van der Waals surface area contributed by atoms with Gasteiger partial charge in [-0.1, -0.05) is 20.3 Å². The molecule has 1 aromatic heterocycles. The van der Waals surface area contributed by atoms with E-state index in [1.807, 2.05) is 20.0 Å². The maximum absolute atomic E-state index is 12.2. The molecule has 0 bridgehead atoms. The smallest absolute Gasteiger partial charge is 0.269 e. The zero-order valence-electron chi connectivity index (χ0n) is 12.8. The number of piperidine rings is 1. The molecule has 5 nitrogen and oxygen atoms in total. The fraction of sp³-hybridized carbons (Fsp3) is 0.733. The number of nitrogens with zero attached hydrogens (tertiary/aromatic N) is 2. The molecule has 2 N–H and O–H groups in total. The van der Waals surface area contributed by atoms with E-state index < -0.39 is 0 Å². The third-order valence-electron chi connectivity index (χ3n) is 4.26. The van der Waals surface area contributed by atoms with Crippen molar-refractivity contribution < 1.29 is 4.79 Å². The van der Waals surface area contributed by atoms with E-state index in [4.69, 9.17) is 0 Å². The van der Waals surface area contributed by atoms with Gasteiger partial charge in [0.25, 0.3) is 5.91 Å². The zero-order chi connectivity index (χ0) is 14.5. The van der Waals surface area contributed by atoms with Crippen molar-refractivity contribution in [2.24, 2.45) is 13.0 Å². The van der Waals surface area contributed by atoms with E-state index in [9.17, 15) is 4.79 Å². The Labute approximate surface area is 121 Å². The number of rotatable bonds is 5. The molecule has 2 rings (SSSR count). The van der Waals surface area contributed by atoms with Crippen LogP contribution >= 0.6 is 0 Å². The zero-order valence-corrected chi connectivity index (χ0v) is 12.8. The minimum Gasteiger partial charge on any atom is -0.349 e. The number of amides is 1. The van der Waals surface area contributed by atoms with E-state index in [1.165, 1.54) is 19.3 Å². The molecule has 1 amide bonds. The van der Waals surface area contributed by atoms with Gasteiger partial charge in [-0.15, -0.1) is 0 Å². The second-order valence-electron chi connectivity index (χ2n) is 5.58. The van der Waals surface area contributed by atoms with Gasteiger partial charge in [-0.2, -0.15) is 5.10 Å². The summed E-state index contributed by atoms with van der Waals surface area (Å²) < 4.78 is 1.67. The average molecular weight is 278 g/mol. The van der Waals surface area contributed by atoms with Gasteiger partial charge in [-0.25, -0.2) is 0 Å². The highest BCUT2D eigenvalue weighted by atomic mass is 16.2. The molecule has 0 saturated carbocycles. The Balaban J connectivity index is 1.92. The molecule has 1 saturated heterocycles. The van der Waals surface area contributed by atoms with Crippen LogP contribution in [0.15, 0.2) is 6.07 Å². The number of carbonyl (C=O) groups is 1. The SMILES string of the molecule is CCc1cc(C(=O)NCC2NCCCC2CC)n(C)n1. The second kappa shape index (κ2) is 6.88. The predicted molar refractivity (Wildman–Crippen MR) is 79.7 cm³/mol. The van der Waals surface area contributed by atoms with Gasteiger partial charge in [0.05, 0.1) is 5.69 Å². The van der Waals surface area contributed by atoms with E-state index in [1.54, 1.807) is 4.68 Å². The number of hydrogen-bond acceptors (Lipinski definition) is 3. The third-order valence-corrected chi connectivity index (χ3v) is 4.26. The molecule has 1 fully saturated rings. The molecule has 1 aliphatic heterocycles. The summed E-state index contributed by atoms with van der Waals surface area (Å²) in [7, 11) is 1.82. The Morgan fingerprint density at radius 3 is 3.00 bits per heavy atom. The third kappa shape index (κ3) is 3.39. The van der Waals surface area contributed by atoms with Crippen molar-refractivity contribution in [1.29, 1.82) is 0 Å². The maximum Gasteiger partial charge on any atom is 0.269 e. The Bertz CT molecular complexity index is 455. The van der Waals surface area contributed by atoms with Gasteiger partial charge in [0.2, 0.25) is 0 Å². The Morgan fingerprint density at radius 2 is 2.35 bits per heavy atom. The normalized spacial score (nSPS) is 22.8.